The van der Waals surface area contributed by atoms with Crippen LogP contribution in [0.25, 0.3) is 0 Å². The van der Waals surface area contributed by atoms with Crippen molar-refractivity contribution in [3.63, 3.8) is 0 Å². The van der Waals surface area contributed by atoms with E-state index in [1.165, 1.54) is 0 Å². The number of pyridine rings is 1. The van der Waals surface area contributed by atoms with E-state index in [-0.39, 0.29) is 18.2 Å². The van der Waals surface area contributed by atoms with Gasteiger partial charge < -0.3 is 15.0 Å². The molecule has 1 N–H and O–H groups in total. The van der Waals surface area contributed by atoms with E-state index in [9.17, 15) is 9.59 Å². The summed E-state index contributed by atoms with van der Waals surface area (Å²) in [5.74, 6) is 0.623. The summed E-state index contributed by atoms with van der Waals surface area (Å²) in [6, 6.07) is 16.7. The van der Waals surface area contributed by atoms with Crippen LogP contribution in [0.3, 0.4) is 0 Å². The minimum Gasteiger partial charge on any atom is -0.494 e. The molecular formula is C24H23N3O3. The van der Waals surface area contributed by atoms with Crippen molar-refractivity contribution in [2.45, 2.75) is 19.8 Å². The second-order valence-electron chi connectivity index (χ2n) is 7.09. The maximum Gasteiger partial charge on any atom is 0.258 e. The lowest BCUT2D eigenvalue weighted by molar-refractivity contribution is -0.115. The lowest BCUT2D eigenvalue weighted by Crippen LogP contribution is -2.29. The van der Waals surface area contributed by atoms with Gasteiger partial charge in [0.05, 0.1) is 13.0 Å². The van der Waals surface area contributed by atoms with Gasteiger partial charge in [0, 0.05) is 35.9 Å². The molecule has 0 atom stereocenters. The average Bonchev–Trinajstić information content (AvgIpc) is 3.18. The van der Waals surface area contributed by atoms with Crippen molar-refractivity contribution in [1.82, 2.24) is 4.98 Å². The van der Waals surface area contributed by atoms with Crippen molar-refractivity contribution < 1.29 is 14.3 Å². The van der Waals surface area contributed by atoms with E-state index in [0.717, 1.165) is 29.0 Å². The number of ether oxygens (including phenoxy) is 1. The normalized spacial score (nSPS) is 12.4. The van der Waals surface area contributed by atoms with Crippen LogP contribution >= 0.6 is 0 Å². The summed E-state index contributed by atoms with van der Waals surface area (Å²) in [6.45, 7) is 3.17. The quantitative estimate of drug-likeness (QED) is 0.681. The van der Waals surface area contributed by atoms with Gasteiger partial charge in [-0.05, 0) is 60.9 Å². The van der Waals surface area contributed by atoms with Gasteiger partial charge in [-0.3, -0.25) is 14.6 Å². The van der Waals surface area contributed by atoms with Crippen LogP contribution in [0.1, 0.15) is 28.4 Å². The minimum atomic E-state index is -0.107. The van der Waals surface area contributed by atoms with E-state index in [2.05, 4.69) is 10.3 Å². The molecule has 1 aliphatic heterocycles. The molecule has 0 saturated carbocycles. The van der Waals surface area contributed by atoms with E-state index in [4.69, 9.17) is 4.74 Å². The van der Waals surface area contributed by atoms with Gasteiger partial charge in [-0.25, -0.2) is 0 Å². The number of rotatable bonds is 6. The van der Waals surface area contributed by atoms with Gasteiger partial charge >= 0.3 is 0 Å². The third-order valence-electron chi connectivity index (χ3n) is 5.04. The largest absolute Gasteiger partial charge is 0.494 e. The van der Waals surface area contributed by atoms with Crippen LogP contribution in [0, 0.1) is 0 Å². The summed E-state index contributed by atoms with van der Waals surface area (Å²) in [6.07, 6.45) is 4.29. The Hall–Kier alpha value is -3.67. The Bertz CT molecular complexity index is 1050. The topological polar surface area (TPSA) is 71.5 Å². The summed E-state index contributed by atoms with van der Waals surface area (Å²) in [4.78, 5) is 31.1. The summed E-state index contributed by atoms with van der Waals surface area (Å²) in [7, 11) is 0. The molecule has 0 fully saturated rings. The Balaban J connectivity index is 1.45. The standard InChI is InChI=1S/C24H23N3O3/c1-2-30-21-7-3-17(4-8-21)15-23(28)26-20-6-5-18-11-14-27(22(18)16-20)24(29)19-9-12-25-13-10-19/h3-10,12-13,16H,2,11,14-15H2,1H3,(H,26,28). The fourth-order valence-electron chi connectivity index (χ4n) is 3.58. The lowest BCUT2D eigenvalue weighted by Gasteiger charge is -2.18. The zero-order valence-electron chi connectivity index (χ0n) is 16.8. The van der Waals surface area contributed by atoms with Crippen molar-refractivity contribution in [3.8, 4) is 5.75 Å². The number of benzene rings is 2. The monoisotopic (exact) mass is 401 g/mol. The molecule has 0 radical (unpaired) electrons. The zero-order valence-corrected chi connectivity index (χ0v) is 16.8. The number of carbonyl (C=O) groups excluding carboxylic acids is 2. The van der Waals surface area contributed by atoms with Gasteiger partial charge in [-0.1, -0.05) is 18.2 Å². The average molecular weight is 401 g/mol. The van der Waals surface area contributed by atoms with Gasteiger partial charge in [0.15, 0.2) is 0 Å². The van der Waals surface area contributed by atoms with Crippen LogP contribution in [-0.2, 0) is 17.6 Å². The van der Waals surface area contributed by atoms with Crippen LogP contribution in [-0.4, -0.2) is 29.9 Å². The van der Waals surface area contributed by atoms with Gasteiger partial charge in [0.25, 0.3) is 5.91 Å². The number of nitrogens with zero attached hydrogens (tertiary/aromatic N) is 2. The van der Waals surface area contributed by atoms with Crippen LogP contribution in [0.5, 0.6) is 5.75 Å². The Morgan fingerprint density at radius 3 is 2.57 bits per heavy atom. The van der Waals surface area contributed by atoms with Gasteiger partial charge in [0.2, 0.25) is 5.91 Å². The van der Waals surface area contributed by atoms with Crippen molar-refractivity contribution in [1.29, 1.82) is 0 Å². The first-order valence-electron chi connectivity index (χ1n) is 10.0. The maximum absolute atomic E-state index is 12.9. The molecule has 6 heteroatoms. The van der Waals surface area contributed by atoms with E-state index in [1.54, 1.807) is 29.4 Å². The Labute approximate surface area is 175 Å². The third kappa shape index (κ3) is 4.33. The minimum absolute atomic E-state index is 0.0611. The number of carbonyl (C=O) groups is 2. The Morgan fingerprint density at radius 1 is 1.07 bits per heavy atom. The number of nitrogens with one attached hydrogen (secondary N) is 1. The molecule has 4 rings (SSSR count). The molecular weight excluding hydrogens is 378 g/mol. The number of anilines is 2. The van der Waals surface area contributed by atoms with Gasteiger partial charge in [-0.15, -0.1) is 0 Å². The van der Waals surface area contributed by atoms with Crippen LogP contribution < -0.4 is 15.0 Å². The molecule has 2 amide bonds. The predicted octanol–water partition coefficient (Wildman–Crippen LogP) is 3.86. The number of aromatic nitrogens is 1. The highest BCUT2D eigenvalue weighted by Crippen LogP contribution is 2.32. The van der Waals surface area contributed by atoms with E-state index >= 15 is 0 Å². The van der Waals surface area contributed by atoms with Crippen LogP contribution in [0.4, 0.5) is 11.4 Å². The highest BCUT2D eigenvalue weighted by atomic mass is 16.5. The number of fused-ring (bicyclic) bond motifs is 1. The first kappa shape index (κ1) is 19.6. The van der Waals surface area contributed by atoms with Crippen molar-refractivity contribution in [3.05, 3.63) is 83.7 Å². The fraction of sp³-hybridized carbons (Fsp3) is 0.208. The molecule has 30 heavy (non-hydrogen) atoms. The molecule has 152 valence electrons. The van der Waals surface area contributed by atoms with E-state index in [0.29, 0.717) is 24.4 Å². The van der Waals surface area contributed by atoms with Gasteiger partial charge in [-0.2, -0.15) is 0 Å². The number of hydrogen-bond acceptors (Lipinski definition) is 4. The molecule has 0 unspecified atom stereocenters. The molecule has 2 aromatic carbocycles. The lowest BCUT2D eigenvalue weighted by atomic mass is 10.1. The first-order chi connectivity index (χ1) is 14.6. The van der Waals surface area contributed by atoms with Crippen LogP contribution in [0.15, 0.2) is 67.0 Å². The molecule has 0 bridgehead atoms. The third-order valence-corrected chi connectivity index (χ3v) is 5.04. The fourth-order valence-corrected chi connectivity index (χ4v) is 3.58. The maximum atomic E-state index is 12.9. The molecule has 0 saturated heterocycles. The molecule has 0 aliphatic carbocycles. The molecule has 0 spiro atoms. The van der Waals surface area contributed by atoms with E-state index in [1.807, 2.05) is 49.4 Å². The zero-order chi connectivity index (χ0) is 20.9. The van der Waals surface area contributed by atoms with Crippen molar-refractivity contribution in [2.75, 3.05) is 23.4 Å². The summed E-state index contributed by atoms with van der Waals surface area (Å²) in [5, 5.41) is 2.94. The van der Waals surface area contributed by atoms with Crippen LogP contribution in [0.2, 0.25) is 0 Å². The molecule has 2 heterocycles. The smallest absolute Gasteiger partial charge is 0.258 e. The highest BCUT2D eigenvalue weighted by Gasteiger charge is 2.26. The summed E-state index contributed by atoms with van der Waals surface area (Å²) in [5.41, 5.74) is 4.13. The summed E-state index contributed by atoms with van der Waals surface area (Å²) >= 11 is 0. The second kappa shape index (κ2) is 8.78. The van der Waals surface area contributed by atoms with Crippen molar-refractivity contribution >= 4 is 23.2 Å². The number of amides is 2. The molecule has 1 aromatic heterocycles. The molecule has 6 nitrogen and oxygen atoms in total. The number of hydrogen-bond donors (Lipinski definition) is 1. The predicted molar refractivity (Wildman–Crippen MR) is 116 cm³/mol. The summed E-state index contributed by atoms with van der Waals surface area (Å²) < 4.78 is 5.43. The molecule has 3 aromatic rings. The SMILES string of the molecule is CCOc1ccc(CC(=O)Nc2ccc3c(c2)N(C(=O)c2ccncc2)CC3)cc1. The molecule has 1 aliphatic rings. The van der Waals surface area contributed by atoms with Gasteiger partial charge in [0.1, 0.15) is 5.75 Å². The van der Waals surface area contributed by atoms with Crippen molar-refractivity contribution in [2.24, 2.45) is 0 Å². The van der Waals surface area contributed by atoms with E-state index < -0.39 is 0 Å². The second-order valence-corrected chi connectivity index (χ2v) is 7.09. The Kier molecular flexibility index (Phi) is 5.75. The highest BCUT2D eigenvalue weighted by molar-refractivity contribution is 6.07. The Morgan fingerprint density at radius 2 is 1.83 bits per heavy atom. The first-order valence-corrected chi connectivity index (χ1v) is 10.0.